The molecule has 0 fully saturated rings. The highest BCUT2D eigenvalue weighted by atomic mass is 35.5. The summed E-state index contributed by atoms with van der Waals surface area (Å²) < 4.78 is 41.8. The summed E-state index contributed by atoms with van der Waals surface area (Å²) in [5.41, 5.74) is 1.09. The number of nitrogens with one attached hydrogen (secondary N) is 1. The summed E-state index contributed by atoms with van der Waals surface area (Å²) in [5.74, 6) is 0.0581. The molecule has 1 N–H and O–H groups in total. The number of benzene rings is 2. The molecule has 0 aliphatic carbocycles. The summed E-state index contributed by atoms with van der Waals surface area (Å²) >= 11 is 12.4. The van der Waals surface area contributed by atoms with E-state index in [9.17, 15) is 18.8 Å². The first-order valence-electron chi connectivity index (χ1n) is 13.5. The molecule has 0 bridgehead atoms. The molecule has 3 rings (SSSR count). The molecule has 236 valence electrons. The van der Waals surface area contributed by atoms with Crippen molar-refractivity contribution in [1.82, 2.24) is 20.1 Å². The van der Waals surface area contributed by atoms with Gasteiger partial charge in [-0.1, -0.05) is 41.9 Å². The quantitative estimate of drug-likeness (QED) is 0.0731. The minimum absolute atomic E-state index is 0.00205. The molecule has 0 saturated carbocycles. The van der Waals surface area contributed by atoms with E-state index in [0.29, 0.717) is 29.3 Å². The van der Waals surface area contributed by atoms with E-state index in [-0.39, 0.29) is 47.9 Å². The van der Waals surface area contributed by atoms with Gasteiger partial charge in [0.05, 0.1) is 35.0 Å². The number of nitrogens with zero attached hydrogens (tertiary/aromatic N) is 6. The number of carbonyl (C=O) groups excluding carboxylic acids is 1. The fourth-order valence-electron chi connectivity index (χ4n) is 4.22. The zero-order chi connectivity index (χ0) is 32.2. The first-order chi connectivity index (χ1) is 21.1. The molecule has 11 nitrogen and oxygen atoms in total. The topological polar surface area (TPSA) is 115 Å². The molecule has 2 aromatic carbocycles. The highest BCUT2D eigenvalue weighted by Crippen LogP contribution is 2.34. The van der Waals surface area contributed by atoms with Crippen molar-refractivity contribution in [2.24, 2.45) is 10.1 Å². The molecule has 1 amide bonds. The Balaban J connectivity index is 2.07. The Hall–Kier alpha value is -4.12. The van der Waals surface area contributed by atoms with Crippen LogP contribution in [0, 0.1) is 11.5 Å². The number of hydrazone groups is 1. The summed E-state index contributed by atoms with van der Waals surface area (Å²) in [6.07, 6.45) is 3.37. The minimum atomic E-state index is -3.06. The average molecular weight is 653 g/mol. The van der Waals surface area contributed by atoms with Crippen molar-refractivity contribution in [2.75, 3.05) is 46.9 Å². The van der Waals surface area contributed by atoms with E-state index in [1.807, 2.05) is 25.2 Å². The third kappa shape index (κ3) is 9.44. The summed E-state index contributed by atoms with van der Waals surface area (Å²) in [6, 6.07) is 8.31. The van der Waals surface area contributed by atoms with Gasteiger partial charge in [-0.3, -0.25) is 10.2 Å². The molecular formula is C29H33Cl2F2N7O4. The molecule has 1 aliphatic rings. The summed E-state index contributed by atoms with van der Waals surface area (Å²) in [6.45, 7) is 3.68. The van der Waals surface area contributed by atoms with Gasteiger partial charge in [-0.05, 0) is 51.7 Å². The predicted octanol–water partition coefficient (Wildman–Crippen LogP) is 5.72. The maximum absolute atomic E-state index is 13.0. The number of rotatable bonds is 13. The number of nitriles is 1. The smallest absolute Gasteiger partial charge is 0.410 e. The van der Waals surface area contributed by atoms with Crippen molar-refractivity contribution in [3.63, 3.8) is 0 Å². The molecule has 0 aromatic heterocycles. The monoisotopic (exact) mass is 651 g/mol. The van der Waals surface area contributed by atoms with Crippen LogP contribution in [0.15, 0.2) is 59.1 Å². The first kappa shape index (κ1) is 34.4. The second-order valence-electron chi connectivity index (χ2n) is 9.55. The molecule has 2 aromatic rings. The van der Waals surface area contributed by atoms with E-state index in [2.05, 4.69) is 26.7 Å². The molecule has 1 atom stereocenters. The van der Waals surface area contributed by atoms with Crippen LogP contribution in [0.2, 0.25) is 10.0 Å². The molecule has 0 spiro atoms. The highest BCUT2D eigenvalue weighted by molar-refractivity contribution is 6.42. The third-order valence-corrected chi connectivity index (χ3v) is 6.92. The number of carbonyl (C=O) groups is 1. The van der Waals surface area contributed by atoms with Gasteiger partial charge in [0.1, 0.15) is 23.8 Å². The second kappa shape index (κ2) is 16.7. The Morgan fingerprint density at radius 2 is 2.07 bits per heavy atom. The van der Waals surface area contributed by atoms with Crippen molar-refractivity contribution in [3.05, 3.63) is 64.7 Å². The van der Waals surface area contributed by atoms with Gasteiger partial charge in [-0.25, -0.2) is 14.8 Å². The molecule has 1 heterocycles. The van der Waals surface area contributed by atoms with Crippen LogP contribution in [0.25, 0.3) is 0 Å². The Morgan fingerprint density at radius 3 is 2.70 bits per heavy atom. The zero-order valence-corrected chi connectivity index (χ0v) is 26.0. The fraction of sp³-hybridized carbons (Fsp3) is 0.379. The van der Waals surface area contributed by atoms with E-state index < -0.39 is 18.7 Å². The normalized spacial score (nSPS) is 14.7. The van der Waals surface area contributed by atoms with Crippen LogP contribution < -0.4 is 14.8 Å². The van der Waals surface area contributed by atoms with Crippen LogP contribution in [-0.4, -0.2) is 92.2 Å². The third-order valence-electron chi connectivity index (χ3n) is 6.18. The lowest BCUT2D eigenvalue weighted by Crippen LogP contribution is -2.48. The molecular weight excluding hydrogens is 619 g/mol. The maximum atomic E-state index is 13.0. The lowest BCUT2D eigenvalue weighted by atomic mass is 10.0. The number of alkyl halides is 2. The molecule has 0 radical (unpaired) electrons. The van der Waals surface area contributed by atoms with E-state index >= 15 is 0 Å². The number of ether oxygens (including phenoxy) is 3. The van der Waals surface area contributed by atoms with Gasteiger partial charge in [0.2, 0.25) is 5.96 Å². The highest BCUT2D eigenvalue weighted by Gasteiger charge is 2.37. The number of likely N-dealkylation sites (N-methyl/N-ethyl adjacent to an activating group) is 1. The van der Waals surface area contributed by atoms with Gasteiger partial charge in [-0.15, -0.1) is 0 Å². The van der Waals surface area contributed by atoms with E-state index in [1.165, 1.54) is 34.2 Å². The van der Waals surface area contributed by atoms with Crippen molar-refractivity contribution in [1.29, 1.82) is 5.26 Å². The Kier molecular flexibility index (Phi) is 13.0. The van der Waals surface area contributed by atoms with E-state index in [1.54, 1.807) is 25.1 Å². The van der Waals surface area contributed by atoms with Crippen LogP contribution >= 0.6 is 23.2 Å². The Bertz CT molecular complexity index is 1420. The molecule has 44 heavy (non-hydrogen) atoms. The van der Waals surface area contributed by atoms with Gasteiger partial charge in [0.25, 0.3) is 0 Å². The number of amides is 1. The largest absolute Gasteiger partial charge is 0.491 e. The standard InChI is InChI=1S/C29H33Cl2F2N7O4/c1-5-13-43-29(41)39(6-2)24-17-40(37-26(24)19-8-10-21(30)22(31)15-19)28(35-18-34)36-23-16-20(44-27(32)33)9-11-25(23)42-14-7-12-38(3)4/h5,8-11,15-16,24,27H,1,6-7,12-14,17H2,2-4H3,(H,35,36). The molecule has 0 saturated heterocycles. The fourth-order valence-corrected chi connectivity index (χ4v) is 4.52. The first-order valence-corrected chi connectivity index (χ1v) is 14.3. The van der Waals surface area contributed by atoms with Crippen LogP contribution in [0.1, 0.15) is 18.9 Å². The SMILES string of the molecule is C=CCOC(=O)N(CC)C1CN(C(=Nc2cc(OC(F)F)ccc2OCCCN(C)C)NC#N)N=C1c1ccc(Cl)c(Cl)c1. The van der Waals surface area contributed by atoms with E-state index in [0.717, 1.165) is 6.54 Å². The van der Waals surface area contributed by atoms with Gasteiger partial charge in [0.15, 0.2) is 6.19 Å². The Morgan fingerprint density at radius 1 is 1.30 bits per heavy atom. The number of aliphatic imine (C=N–C) groups is 1. The van der Waals surface area contributed by atoms with Gasteiger partial charge in [-0.2, -0.15) is 19.1 Å². The van der Waals surface area contributed by atoms with Crippen LogP contribution in [-0.2, 0) is 4.74 Å². The van der Waals surface area contributed by atoms with Crippen molar-refractivity contribution >= 4 is 46.7 Å². The number of hydrogen-bond acceptors (Lipinski definition) is 8. The lowest BCUT2D eigenvalue weighted by Gasteiger charge is -2.28. The maximum Gasteiger partial charge on any atom is 0.410 e. The van der Waals surface area contributed by atoms with Crippen molar-refractivity contribution < 1.29 is 27.8 Å². The summed E-state index contributed by atoms with van der Waals surface area (Å²) in [4.78, 5) is 21.0. The average Bonchev–Trinajstić information content (AvgIpc) is 3.41. The number of halogens is 4. The number of guanidine groups is 1. The van der Waals surface area contributed by atoms with Crippen molar-refractivity contribution in [2.45, 2.75) is 26.0 Å². The number of hydrogen-bond donors (Lipinski definition) is 1. The van der Waals surface area contributed by atoms with Gasteiger partial charge in [0, 0.05) is 24.7 Å². The van der Waals surface area contributed by atoms with Gasteiger partial charge < -0.3 is 19.1 Å². The van der Waals surface area contributed by atoms with Crippen LogP contribution in [0.3, 0.4) is 0 Å². The summed E-state index contributed by atoms with van der Waals surface area (Å²) in [5, 5.41) is 18.8. The summed E-state index contributed by atoms with van der Waals surface area (Å²) in [7, 11) is 3.86. The molecule has 1 unspecified atom stereocenters. The predicted molar refractivity (Wildman–Crippen MR) is 165 cm³/mol. The van der Waals surface area contributed by atoms with Gasteiger partial charge >= 0.3 is 12.7 Å². The van der Waals surface area contributed by atoms with Crippen molar-refractivity contribution in [3.8, 4) is 17.7 Å². The van der Waals surface area contributed by atoms with Crippen LogP contribution in [0.4, 0.5) is 19.3 Å². The second-order valence-corrected chi connectivity index (χ2v) is 10.4. The minimum Gasteiger partial charge on any atom is -0.491 e. The molecule has 1 aliphatic heterocycles. The zero-order valence-electron chi connectivity index (χ0n) is 24.5. The lowest BCUT2D eigenvalue weighted by molar-refractivity contribution is -0.0498. The van der Waals surface area contributed by atoms with Crippen LogP contribution in [0.5, 0.6) is 11.5 Å². The molecule has 15 heteroatoms. The Labute approximate surface area is 264 Å². The van der Waals surface area contributed by atoms with E-state index in [4.69, 9.17) is 32.7 Å².